The molecule has 3 rings (SSSR count). The summed E-state index contributed by atoms with van der Waals surface area (Å²) in [6, 6.07) is 5.75. The standard InChI is InChI=1S/C14H14N2O2S/c1-9-7-16-8-12(15-14(16)19-9)11-5-4-10(17-2)6-13(11)18-3/h4-8H,1-3H3. The van der Waals surface area contributed by atoms with Gasteiger partial charge in [0.25, 0.3) is 0 Å². The van der Waals surface area contributed by atoms with Crippen LogP contribution in [0.3, 0.4) is 0 Å². The Bertz CT molecular complexity index is 699. The quantitative estimate of drug-likeness (QED) is 0.734. The van der Waals surface area contributed by atoms with Crippen molar-refractivity contribution in [2.24, 2.45) is 0 Å². The topological polar surface area (TPSA) is 35.8 Å². The Morgan fingerprint density at radius 3 is 2.68 bits per heavy atom. The minimum absolute atomic E-state index is 0.766. The second-order valence-electron chi connectivity index (χ2n) is 4.22. The molecular formula is C14H14N2O2S. The molecule has 0 aliphatic heterocycles. The summed E-state index contributed by atoms with van der Waals surface area (Å²) in [6.45, 7) is 2.08. The van der Waals surface area contributed by atoms with Gasteiger partial charge in [-0.15, -0.1) is 11.3 Å². The van der Waals surface area contributed by atoms with Crippen molar-refractivity contribution in [1.82, 2.24) is 9.38 Å². The zero-order valence-electron chi connectivity index (χ0n) is 11.0. The number of rotatable bonds is 3. The number of methoxy groups -OCH3 is 2. The molecule has 5 heteroatoms. The van der Waals surface area contributed by atoms with E-state index in [0.29, 0.717) is 0 Å². The zero-order valence-corrected chi connectivity index (χ0v) is 11.8. The predicted molar refractivity (Wildman–Crippen MR) is 76.3 cm³/mol. The smallest absolute Gasteiger partial charge is 0.194 e. The molecule has 0 bridgehead atoms. The fraction of sp³-hybridized carbons (Fsp3) is 0.214. The van der Waals surface area contributed by atoms with Crippen LogP contribution in [0.1, 0.15) is 4.88 Å². The van der Waals surface area contributed by atoms with Gasteiger partial charge in [0.05, 0.1) is 19.9 Å². The minimum atomic E-state index is 0.766. The third kappa shape index (κ3) is 2.06. The average Bonchev–Trinajstić information content (AvgIpc) is 2.94. The molecule has 1 aromatic carbocycles. The molecule has 0 unspecified atom stereocenters. The van der Waals surface area contributed by atoms with E-state index in [1.807, 2.05) is 28.8 Å². The number of nitrogens with zero attached hydrogens (tertiary/aromatic N) is 2. The molecule has 0 saturated carbocycles. The van der Waals surface area contributed by atoms with Gasteiger partial charge < -0.3 is 9.47 Å². The number of hydrogen-bond acceptors (Lipinski definition) is 4. The number of hydrogen-bond donors (Lipinski definition) is 0. The van der Waals surface area contributed by atoms with Crippen molar-refractivity contribution in [2.45, 2.75) is 6.92 Å². The van der Waals surface area contributed by atoms with Crippen molar-refractivity contribution in [3.8, 4) is 22.8 Å². The maximum absolute atomic E-state index is 5.41. The molecule has 98 valence electrons. The largest absolute Gasteiger partial charge is 0.497 e. The molecule has 0 aliphatic carbocycles. The van der Waals surface area contributed by atoms with Gasteiger partial charge in [-0.05, 0) is 19.1 Å². The summed E-state index contributed by atoms with van der Waals surface area (Å²) >= 11 is 1.68. The SMILES string of the molecule is COc1ccc(-c2cn3cc(C)sc3n2)c(OC)c1. The van der Waals surface area contributed by atoms with Crippen LogP contribution in [0, 0.1) is 6.92 Å². The normalized spacial score (nSPS) is 10.9. The lowest BCUT2D eigenvalue weighted by molar-refractivity contribution is 0.395. The third-order valence-corrected chi connectivity index (χ3v) is 3.87. The van der Waals surface area contributed by atoms with Crippen molar-refractivity contribution in [1.29, 1.82) is 0 Å². The van der Waals surface area contributed by atoms with Gasteiger partial charge in [-0.3, -0.25) is 4.40 Å². The predicted octanol–water partition coefficient (Wildman–Crippen LogP) is 3.39. The van der Waals surface area contributed by atoms with E-state index in [-0.39, 0.29) is 0 Å². The average molecular weight is 274 g/mol. The van der Waals surface area contributed by atoms with E-state index in [1.54, 1.807) is 25.6 Å². The molecule has 2 heterocycles. The van der Waals surface area contributed by atoms with E-state index in [1.165, 1.54) is 4.88 Å². The Labute approximate surface area is 115 Å². The highest BCUT2D eigenvalue weighted by Gasteiger charge is 2.12. The number of benzene rings is 1. The highest BCUT2D eigenvalue weighted by Crippen LogP contribution is 2.33. The van der Waals surface area contributed by atoms with E-state index >= 15 is 0 Å². The van der Waals surface area contributed by atoms with Gasteiger partial charge in [0.15, 0.2) is 4.96 Å². The Morgan fingerprint density at radius 2 is 2.00 bits per heavy atom. The van der Waals surface area contributed by atoms with Crippen molar-refractivity contribution in [3.05, 3.63) is 35.5 Å². The van der Waals surface area contributed by atoms with Crippen LogP contribution in [0.2, 0.25) is 0 Å². The first-order valence-corrected chi connectivity index (χ1v) is 6.70. The summed E-state index contributed by atoms with van der Waals surface area (Å²) in [5.74, 6) is 1.54. The molecule has 0 fully saturated rings. The maximum atomic E-state index is 5.41. The molecular weight excluding hydrogens is 260 g/mol. The first kappa shape index (κ1) is 12.0. The lowest BCUT2D eigenvalue weighted by atomic mass is 10.1. The fourth-order valence-corrected chi connectivity index (χ4v) is 2.86. The Kier molecular flexibility index (Phi) is 2.91. The van der Waals surface area contributed by atoms with Crippen LogP contribution < -0.4 is 9.47 Å². The van der Waals surface area contributed by atoms with Gasteiger partial charge >= 0.3 is 0 Å². The van der Waals surface area contributed by atoms with Crippen LogP contribution in [-0.2, 0) is 0 Å². The van der Waals surface area contributed by atoms with Crippen LogP contribution in [0.5, 0.6) is 11.5 Å². The van der Waals surface area contributed by atoms with Crippen molar-refractivity contribution in [3.63, 3.8) is 0 Å². The molecule has 0 amide bonds. The molecule has 0 radical (unpaired) electrons. The van der Waals surface area contributed by atoms with E-state index in [4.69, 9.17) is 9.47 Å². The van der Waals surface area contributed by atoms with E-state index in [2.05, 4.69) is 18.1 Å². The molecule has 4 nitrogen and oxygen atoms in total. The molecule has 3 aromatic rings. The first-order chi connectivity index (χ1) is 9.21. The second-order valence-corrected chi connectivity index (χ2v) is 5.44. The van der Waals surface area contributed by atoms with Crippen LogP contribution in [-0.4, -0.2) is 23.6 Å². The van der Waals surface area contributed by atoms with Crippen LogP contribution in [0.4, 0.5) is 0 Å². The molecule has 0 atom stereocenters. The Morgan fingerprint density at radius 1 is 1.16 bits per heavy atom. The minimum Gasteiger partial charge on any atom is -0.497 e. The second kappa shape index (κ2) is 4.59. The van der Waals surface area contributed by atoms with Crippen molar-refractivity contribution >= 4 is 16.3 Å². The number of thiazole rings is 1. The van der Waals surface area contributed by atoms with E-state index < -0.39 is 0 Å². The van der Waals surface area contributed by atoms with E-state index in [0.717, 1.165) is 27.7 Å². The monoisotopic (exact) mass is 274 g/mol. The summed E-state index contributed by atoms with van der Waals surface area (Å²) in [5, 5.41) is 0. The van der Waals surface area contributed by atoms with Gasteiger partial charge in [-0.1, -0.05) is 0 Å². The molecule has 2 aromatic heterocycles. The van der Waals surface area contributed by atoms with E-state index in [9.17, 15) is 0 Å². The highest BCUT2D eigenvalue weighted by molar-refractivity contribution is 7.17. The lowest BCUT2D eigenvalue weighted by Crippen LogP contribution is -1.90. The zero-order chi connectivity index (χ0) is 13.4. The number of aryl methyl sites for hydroxylation is 1. The highest BCUT2D eigenvalue weighted by atomic mass is 32.1. The molecule has 19 heavy (non-hydrogen) atoms. The summed E-state index contributed by atoms with van der Waals surface area (Å²) in [5.41, 5.74) is 1.88. The number of imidazole rings is 1. The van der Waals surface area contributed by atoms with Crippen LogP contribution in [0.25, 0.3) is 16.2 Å². The fourth-order valence-electron chi connectivity index (χ4n) is 2.05. The van der Waals surface area contributed by atoms with Crippen molar-refractivity contribution < 1.29 is 9.47 Å². The summed E-state index contributed by atoms with van der Waals surface area (Å²) in [7, 11) is 3.30. The summed E-state index contributed by atoms with van der Waals surface area (Å²) in [4.78, 5) is 6.87. The molecule has 0 N–H and O–H groups in total. The van der Waals surface area contributed by atoms with Crippen LogP contribution >= 0.6 is 11.3 Å². The van der Waals surface area contributed by atoms with Gasteiger partial charge in [-0.25, -0.2) is 4.98 Å². The maximum Gasteiger partial charge on any atom is 0.194 e. The molecule has 0 spiro atoms. The summed E-state index contributed by atoms with van der Waals surface area (Å²) < 4.78 is 12.7. The van der Waals surface area contributed by atoms with Gasteiger partial charge in [0.1, 0.15) is 11.5 Å². The van der Waals surface area contributed by atoms with Gasteiger partial charge in [0.2, 0.25) is 0 Å². The Balaban J connectivity index is 2.11. The van der Waals surface area contributed by atoms with Gasteiger partial charge in [-0.2, -0.15) is 0 Å². The van der Waals surface area contributed by atoms with Gasteiger partial charge in [0, 0.05) is 28.9 Å². The summed E-state index contributed by atoms with van der Waals surface area (Å²) in [6.07, 6.45) is 4.09. The molecule has 0 aliphatic rings. The van der Waals surface area contributed by atoms with Crippen LogP contribution in [0.15, 0.2) is 30.6 Å². The number of ether oxygens (including phenoxy) is 2. The molecule has 0 saturated heterocycles. The number of aromatic nitrogens is 2. The number of fused-ring (bicyclic) bond motifs is 1. The first-order valence-electron chi connectivity index (χ1n) is 5.89. The van der Waals surface area contributed by atoms with Crippen molar-refractivity contribution in [2.75, 3.05) is 14.2 Å². The third-order valence-electron chi connectivity index (χ3n) is 2.96. The lowest BCUT2D eigenvalue weighted by Gasteiger charge is -2.08. The Hall–Kier alpha value is -2.01.